The topological polar surface area (TPSA) is 88.6 Å². The maximum absolute atomic E-state index is 12.6. The van der Waals surface area contributed by atoms with Crippen molar-refractivity contribution < 1.29 is 17.9 Å². The zero-order valence-corrected chi connectivity index (χ0v) is 16.7. The Morgan fingerprint density at radius 3 is 2.75 bits per heavy atom. The summed E-state index contributed by atoms with van der Waals surface area (Å²) in [4.78, 5) is 16.9. The van der Waals surface area contributed by atoms with Gasteiger partial charge in [0, 0.05) is 24.8 Å². The van der Waals surface area contributed by atoms with Crippen LogP contribution < -0.4 is 10.1 Å². The zero-order chi connectivity index (χ0) is 20.0. The Bertz CT molecular complexity index is 903. The first kappa shape index (κ1) is 20.3. The van der Waals surface area contributed by atoms with E-state index in [1.165, 1.54) is 4.31 Å². The predicted octanol–water partition coefficient (Wildman–Crippen LogP) is 2.09. The molecule has 1 N–H and O–H groups in total. The molecule has 3 rings (SSSR count). The molecule has 7 nitrogen and oxygen atoms in total. The molecular weight excluding hydrogens is 378 g/mol. The number of carbonyl (C=O) groups excluding carboxylic acids is 1. The second kappa shape index (κ2) is 9.16. The molecule has 150 valence electrons. The molecular formula is C20H25N3O4S. The molecule has 1 atom stereocenters. The third-order valence-electron chi connectivity index (χ3n) is 4.70. The summed E-state index contributed by atoms with van der Waals surface area (Å²) in [6, 6.07) is 12.7. The lowest BCUT2D eigenvalue weighted by atomic mass is 10.0. The van der Waals surface area contributed by atoms with Crippen LogP contribution in [0.25, 0.3) is 0 Å². The van der Waals surface area contributed by atoms with Gasteiger partial charge >= 0.3 is 0 Å². The normalized spacial score (nSPS) is 17.8. The van der Waals surface area contributed by atoms with Crippen molar-refractivity contribution in [3.05, 3.63) is 59.8 Å². The van der Waals surface area contributed by atoms with Crippen molar-refractivity contribution in [3.8, 4) is 5.88 Å². The Morgan fingerprint density at radius 1 is 1.21 bits per heavy atom. The van der Waals surface area contributed by atoms with Crippen LogP contribution in [0.5, 0.6) is 5.88 Å². The summed E-state index contributed by atoms with van der Waals surface area (Å²) in [6.45, 7) is 0.990. The van der Waals surface area contributed by atoms with Crippen LogP contribution in [0.2, 0.25) is 0 Å². The summed E-state index contributed by atoms with van der Waals surface area (Å²) >= 11 is 0. The van der Waals surface area contributed by atoms with E-state index in [0.717, 1.165) is 30.2 Å². The van der Waals surface area contributed by atoms with Gasteiger partial charge < -0.3 is 10.1 Å². The van der Waals surface area contributed by atoms with Crippen LogP contribution in [0.4, 0.5) is 0 Å². The number of aromatic nitrogens is 1. The lowest BCUT2D eigenvalue weighted by molar-refractivity contribution is -0.125. The first-order chi connectivity index (χ1) is 13.4. The summed E-state index contributed by atoms with van der Waals surface area (Å²) in [6.07, 6.45) is 4.93. The van der Waals surface area contributed by atoms with Gasteiger partial charge in [-0.05, 0) is 24.5 Å². The lowest BCUT2D eigenvalue weighted by Gasteiger charge is -2.32. The monoisotopic (exact) mass is 403 g/mol. The highest BCUT2D eigenvalue weighted by molar-refractivity contribution is 7.88. The number of piperidine rings is 1. The van der Waals surface area contributed by atoms with Crippen molar-refractivity contribution in [2.75, 3.05) is 12.8 Å². The Labute approximate surface area is 165 Å². The highest BCUT2D eigenvalue weighted by atomic mass is 32.2. The number of rotatable bonds is 7. The standard InChI is InChI=1S/C20H25N3O4S/c1-28(25,26)23-13-6-5-11-18(23)19(24)22-14-17-10-7-12-21-20(17)27-15-16-8-3-2-4-9-16/h2-4,7-10,12,18H,5-6,11,13-15H2,1H3,(H,22,24). The summed E-state index contributed by atoms with van der Waals surface area (Å²) < 4.78 is 31.0. The molecule has 0 spiro atoms. The van der Waals surface area contributed by atoms with Crippen molar-refractivity contribution >= 4 is 15.9 Å². The fourth-order valence-corrected chi connectivity index (χ4v) is 4.40. The lowest BCUT2D eigenvalue weighted by Crippen LogP contribution is -2.51. The van der Waals surface area contributed by atoms with Crippen molar-refractivity contribution in [2.24, 2.45) is 0 Å². The average Bonchev–Trinajstić information content (AvgIpc) is 2.71. The molecule has 0 saturated carbocycles. The maximum Gasteiger partial charge on any atom is 0.238 e. The molecule has 1 aliphatic rings. The van der Waals surface area contributed by atoms with E-state index in [9.17, 15) is 13.2 Å². The maximum atomic E-state index is 12.6. The minimum atomic E-state index is -3.41. The molecule has 2 aromatic rings. The van der Waals surface area contributed by atoms with Crippen molar-refractivity contribution in [1.29, 1.82) is 0 Å². The Balaban J connectivity index is 1.63. The third-order valence-corrected chi connectivity index (χ3v) is 5.99. The van der Waals surface area contributed by atoms with Crippen LogP contribution in [0, 0.1) is 0 Å². The summed E-state index contributed by atoms with van der Waals surface area (Å²) in [5.74, 6) is 0.165. The third kappa shape index (κ3) is 5.30. The van der Waals surface area contributed by atoms with Crippen LogP contribution in [0.3, 0.4) is 0 Å². The molecule has 0 bridgehead atoms. The van der Waals surface area contributed by atoms with E-state index in [1.807, 2.05) is 36.4 Å². The number of nitrogens with one attached hydrogen (secondary N) is 1. The van der Waals surface area contributed by atoms with Gasteiger partial charge in [0.2, 0.25) is 21.8 Å². The fraction of sp³-hybridized carbons (Fsp3) is 0.400. The minimum Gasteiger partial charge on any atom is -0.473 e. The molecule has 8 heteroatoms. The van der Waals surface area contributed by atoms with E-state index < -0.39 is 16.1 Å². The Hall–Kier alpha value is -2.45. The molecule has 1 fully saturated rings. The second-order valence-electron chi connectivity index (χ2n) is 6.85. The van der Waals surface area contributed by atoms with Crippen LogP contribution in [-0.4, -0.2) is 42.5 Å². The molecule has 1 aromatic heterocycles. The molecule has 1 amide bonds. The number of benzene rings is 1. The van der Waals surface area contributed by atoms with Crippen LogP contribution in [-0.2, 0) is 28.0 Å². The number of hydrogen-bond donors (Lipinski definition) is 1. The van der Waals surface area contributed by atoms with Gasteiger partial charge in [-0.3, -0.25) is 4.79 Å². The van der Waals surface area contributed by atoms with E-state index in [1.54, 1.807) is 12.3 Å². The molecule has 0 aliphatic carbocycles. The second-order valence-corrected chi connectivity index (χ2v) is 8.78. The number of hydrogen-bond acceptors (Lipinski definition) is 5. The van der Waals surface area contributed by atoms with E-state index in [4.69, 9.17) is 4.74 Å². The molecule has 1 unspecified atom stereocenters. The van der Waals surface area contributed by atoms with Crippen LogP contribution in [0.15, 0.2) is 48.7 Å². The highest BCUT2D eigenvalue weighted by Gasteiger charge is 2.34. The van der Waals surface area contributed by atoms with Gasteiger partial charge in [0.25, 0.3) is 0 Å². The molecule has 2 heterocycles. The van der Waals surface area contributed by atoms with Gasteiger partial charge in [0.05, 0.1) is 6.26 Å². The SMILES string of the molecule is CS(=O)(=O)N1CCCCC1C(=O)NCc1cccnc1OCc1ccccc1. The van der Waals surface area contributed by atoms with Crippen molar-refractivity contribution in [1.82, 2.24) is 14.6 Å². The highest BCUT2D eigenvalue weighted by Crippen LogP contribution is 2.21. The van der Waals surface area contributed by atoms with Crippen LogP contribution >= 0.6 is 0 Å². The fourth-order valence-electron chi connectivity index (χ4n) is 3.28. The van der Waals surface area contributed by atoms with E-state index in [-0.39, 0.29) is 12.5 Å². The van der Waals surface area contributed by atoms with Gasteiger partial charge in [-0.15, -0.1) is 0 Å². The average molecular weight is 404 g/mol. The minimum absolute atomic E-state index is 0.227. The zero-order valence-electron chi connectivity index (χ0n) is 15.9. The summed E-state index contributed by atoms with van der Waals surface area (Å²) in [5.41, 5.74) is 1.77. The number of nitrogens with zero attached hydrogens (tertiary/aromatic N) is 2. The summed E-state index contributed by atoms with van der Waals surface area (Å²) in [7, 11) is -3.41. The number of ether oxygens (including phenoxy) is 1. The number of sulfonamides is 1. The summed E-state index contributed by atoms with van der Waals surface area (Å²) in [5, 5.41) is 2.84. The quantitative estimate of drug-likeness (QED) is 0.765. The Morgan fingerprint density at radius 2 is 2.00 bits per heavy atom. The van der Waals surface area contributed by atoms with E-state index >= 15 is 0 Å². The molecule has 1 aliphatic heterocycles. The number of amides is 1. The van der Waals surface area contributed by atoms with Crippen molar-refractivity contribution in [3.63, 3.8) is 0 Å². The van der Waals surface area contributed by atoms with Gasteiger partial charge in [-0.25, -0.2) is 13.4 Å². The molecule has 1 saturated heterocycles. The first-order valence-electron chi connectivity index (χ1n) is 9.30. The molecule has 28 heavy (non-hydrogen) atoms. The van der Waals surface area contributed by atoms with Gasteiger partial charge in [-0.2, -0.15) is 4.31 Å². The largest absolute Gasteiger partial charge is 0.473 e. The molecule has 0 radical (unpaired) electrons. The predicted molar refractivity (Wildman–Crippen MR) is 106 cm³/mol. The van der Waals surface area contributed by atoms with Gasteiger partial charge in [0.15, 0.2) is 0 Å². The van der Waals surface area contributed by atoms with Gasteiger partial charge in [0.1, 0.15) is 12.6 Å². The Kier molecular flexibility index (Phi) is 6.64. The first-order valence-corrected chi connectivity index (χ1v) is 11.1. The number of carbonyl (C=O) groups is 1. The smallest absolute Gasteiger partial charge is 0.238 e. The van der Waals surface area contributed by atoms with Crippen molar-refractivity contribution in [2.45, 2.75) is 38.5 Å². The van der Waals surface area contributed by atoms with Crippen LogP contribution in [0.1, 0.15) is 30.4 Å². The number of pyridine rings is 1. The van der Waals surface area contributed by atoms with E-state index in [0.29, 0.717) is 25.5 Å². The molecule has 1 aromatic carbocycles. The van der Waals surface area contributed by atoms with Gasteiger partial charge in [-0.1, -0.05) is 42.8 Å². The van der Waals surface area contributed by atoms with E-state index in [2.05, 4.69) is 10.3 Å².